The molecule has 4 unspecified atom stereocenters. The van der Waals surface area contributed by atoms with Crippen molar-refractivity contribution in [3.8, 4) is 0 Å². The number of ether oxygens (including phenoxy) is 3. The topological polar surface area (TPSA) is 214 Å². The van der Waals surface area contributed by atoms with Crippen molar-refractivity contribution in [3.63, 3.8) is 0 Å². The molecule has 3 heterocycles. The van der Waals surface area contributed by atoms with Gasteiger partial charge in [-0.15, -0.1) is 11.0 Å². The summed E-state index contributed by atoms with van der Waals surface area (Å²) < 4.78 is 34.4. The van der Waals surface area contributed by atoms with Crippen LogP contribution in [0.2, 0.25) is 0 Å². The molecule has 4 N–H and O–H groups in total. The van der Waals surface area contributed by atoms with Crippen molar-refractivity contribution in [1.82, 2.24) is 35.6 Å². The second kappa shape index (κ2) is 29.9. The molecule has 2 saturated heterocycles. The highest BCUT2D eigenvalue weighted by molar-refractivity contribution is 7.92. The SMILES string of the molecule is C=CC.CC(NC(=O)C1CC(OC=O)CN1C(=O)CNC(=O)OC(C)(C)C)C(=O)NN(C)SOC1CC1.CCNC.CN1Cc2cccc(F)c2C1.O=CC1CCC(=O)O1.S. The van der Waals surface area contributed by atoms with E-state index in [0.717, 1.165) is 55.8 Å². The third-order valence-corrected chi connectivity index (χ3v) is 8.93. The van der Waals surface area contributed by atoms with Gasteiger partial charge in [-0.1, -0.05) is 25.1 Å². The normalized spacial score (nSPS) is 19.0. The van der Waals surface area contributed by atoms with E-state index in [1.54, 1.807) is 40.0 Å². The van der Waals surface area contributed by atoms with Crippen molar-refractivity contribution in [3.05, 3.63) is 47.8 Å². The number of fused-ring (bicyclic) bond motifs is 1. The second-order valence-corrected chi connectivity index (χ2v) is 15.8. The summed E-state index contributed by atoms with van der Waals surface area (Å²) in [4.78, 5) is 84.0. The Bertz CT molecular complexity index is 1570. The maximum absolute atomic E-state index is 13.0. The minimum Gasteiger partial charge on any atom is -0.463 e. The summed E-state index contributed by atoms with van der Waals surface area (Å²) in [5.74, 6) is -1.96. The summed E-state index contributed by atoms with van der Waals surface area (Å²) in [6.07, 6.45) is 3.66. The Hall–Kier alpha value is -4.28. The Morgan fingerprint density at radius 2 is 1.77 bits per heavy atom. The molecule has 1 aliphatic carbocycles. The van der Waals surface area contributed by atoms with Gasteiger partial charge in [-0.3, -0.25) is 43.3 Å². The van der Waals surface area contributed by atoms with Crippen LogP contribution in [0.3, 0.4) is 0 Å². The average Bonchev–Trinajstić information content (AvgIpc) is 3.54. The molecule has 0 radical (unpaired) electrons. The van der Waals surface area contributed by atoms with Crippen molar-refractivity contribution >= 4 is 68.3 Å². The van der Waals surface area contributed by atoms with Gasteiger partial charge in [0.25, 0.3) is 12.4 Å². The number of nitrogens with zero attached hydrogens (tertiary/aromatic N) is 3. The lowest BCUT2D eigenvalue weighted by atomic mass is 10.1. The van der Waals surface area contributed by atoms with E-state index in [1.807, 2.05) is 27.1 Å². The highest BCUT2D eigenvalue weighted by Crippen LogP contribution is 2.28. The molecular formula is C40H66FN7O11S2. The van der Waals surface area contributed by atoms with Crippen LogP contribution < -0.4 is 21.4 Å². The number of alkyl carbamates (subject to hydrolysis) is 1. The Kier molecular flexibility index (Phi) is 27.8. The van der Waals surface area contributed by atoms with Gasteiger partial charge in [-0.25, -0.2) is 9.18 Å². The first-order valence-electron chi connectivity index (χ1n) is 19.7. The molecule has 1 aromatic rings. The lowest BCUT2D eigenvalue weighted by molar-refractivity contribution is -0.144. The highest BCUT2D eigenvalue weighted by Gasteiger charge is 2.41. The van der Waals surface area contributed by atoms with E-state index < -0.39 is 60.3 Å². The summed E-state index contributed by atoms with van der Waals surface area (Å²) in [6, 6.07) is 3.38. The maximum atomic E-state index is 13.0. The molecule has 1 saturated carbocycles. The molecule has 3 fully saturated rings. The van der Waals surface area contributed by atoms with Gasteiger partial charge in [0.2, 0.25) is 11.8 Å². The summed E-state index contributed by atoms with van der Waals surface area (Å²) in [6.45, 7) is 16.4. The molecule has 4 atom stereocenters. The van der Waals surface area contributed by atoms with Crippen LogP contribution in [0.1, 0.15) is 84.8 Å². The molecular weight excluding hydrogens is 838 g/mol. The van der Waals surface area contributed by atoms with Crippen LogP contribution in [0.25, 0.3) is 0 Å². The van der Waals surface area contributed by atoms with E-state index in [1.165, 1.54) is 22.3 Å². The molecule has 21 heteroatoms. The summed E-state index contributed by atoms with van der Waals surface area (Å²) >= 11 is 0.999. The van der Waals surface area contributed by atoms with Crippen LogP contribution in [0.4, 0.5) is 9.18 Å². The quantitative estimate of drug-likeness (QED) is 0.0426. The monoisotopic (exact) mass is 903 g/mol. The van der Waals surface area contributed by atoms with E-state index >= 15 is 0 Å². The molecule has 61 heavy (non-hydrogen) atoms. The largest absolute Gasteiger partial charge is 0.463 e. The van der Waals surface area contributed by atoms with E-state index in [0.29, 0.717) is 19.1 Å². The van der Waals surface area contributed by atoms with Crippen LogP contribution in [0.15, 0.2) is 30.9 Å². The van der Waals surface area contributed by atoms with Crippen molar-refractivity contribution < 1.29 is 56.3 Å². The average molecular weight is 904 g/mol. The van der Waals surface area contributed by atoms with Crippen LogP contribution in [0, 0.1) is 5.82 Å². The number of carbonyl (C=O) groups is 7. The van der Waals surface area contributed by atoms with Gasteiger partial charge in [0, 0.05) is 45.0 Å². The number of hydrazine groups is 1. The van der Waals surface area contributed by atoms with Crippen molar-refractivity contribution in [2.24, 2.45) is 0 Å². The number of halogens is 1. The number of likely N-dealkylation sites (tertiary alicyclic amines) is 1. The van der Waals surface area contributed by atoms with Gasteiger partial charge < -0.3 is 35.1 Å². The Morgan fingerprint density at radius 1 is 1.13 bits per heavy atom. The fraction of sp³-hybridized carbons (Fsp3) is 0.625. The van der Waals surface area contributed by atoms with Crippen LogP contribution in [0.5, 0.6) is 0 Å². The molecule has 0 aromatic heterocycles. The van der Waals surface area contributed by atoms with Gasteiger partial charge in [0.15, 0.2) is 12.4 Å². The van der Waals surface area contributed by atoms with E-state index in [4.69, 9.17) is 13.7 Å². The number of esters is 1. The number of aldehydes is 1. The van der Waals surface area contributed by atoms with Crippen LogP contribution in [-0.4, -0.2) is 134 Å². The number of benzene rings is 1. The molecule has 18 nitrogen and oxygen atoms in total. The zero-order valence-corrected chi connectivity index (χ0v) is 38.6. The Labute approximate surface area is 370 Å². The standard InChI is InChI=1S/C20H33N5O8S.C9H10FN.C5H6O3.C3H9N.C3H6.H2S/c1-12(17(28)23-24(5)34-33-13-6-7-13)22-18(29)15-8-14(31-11-26)10-25(15)16(27)9-21-19(30)32-20(2,3)4;1-11-5-7-3-2-4-9(10)8(7)6-11;6-3-4-1-2-5(7)8-4;1-3-4-2;1-3-2;/h11-15H,6-10H2,1-5H3,(H,21,30)(H,22,29)(H,23,28);2-4H,5-6H2,1H3;3-4H,1-2H2;4H,3H2,1-2H3;3H,1H2,2H3;1H2. The minimum absolute atomic E-state index is 0. The lowest BCUT2D eigenvalue weighted by Gasteiger charge is -2.26. The predicted molar refractivity (Wildman–Crippen MR) is 233 cm³/mol. The fourth-order valence-electron chi connectivity index (χ4n) is 5.19. The smallest absolute Gasteiger partial charge is 0.408 e. The number of nitrogens with one attached hydrogen (secondary N) is 4. The van der Waals surface area contributed by atoms with Gasteiger partial charge in [-0.2, -0.15) is 13.5 Å². The van der Waals surface area contributed by atoms with Crippen LogP contribution >= 0.6 is 25.7 Å². The summed E-state index contributed by atoms with van der Waals surface area (Å²) in [5.41, 5.74) is 3.84. The summed E-state index contributed by atoms with van der Waals surface area (Å²) in [7, 11) is 5.54. The van der Waals surface area contributed by atoms with Crippen molar-refractivity contribution in [2.45, 2.75) is 123 Å². The van der Waals surface area contributed by atoms with Gasteiger partial charge in [0.1, 0.15) is 48.4 Å². The molecule has 4 aliphatic rings. The Balaban J connectivity index is 0.00000106. The number of hydrogen-bond donors (Lipinski definition) is 4. The number of rotatable bonds is 13. The first kappa shape index (κ1) is 56.7. The van der Waals surface area contributed by atoms with Gasteiger partial charge in [-0.05, 0) is 79.7 Å². The predicted octanol–water partition coefficient (Wildman–Crippen LogP) is 3.06. The lowest BCUT2D eigenvalue weighted by Crippen LogP contribution is -2.54. The molecule has 4 amide bonds. The number of carbonyl (C=O) groups excluding carboxylic acids is 7. The number of cyclic esters (lactones) is 1. The first-order chi connectivity index (χ1) is 28.3. The van der Waals surface area contributed by atoms with Gasteiger partial charge >= 0.3 is 12.1 Å². The van der Waals surface area contributed by atoms with Crippen LogP contribution in [-0.2, 0) is 60.3 Å². The molecule has 346 valence electrons. The number of amides is 4. The number of hydrogen-bond acceptors (Lipinski definition) is 15. The van der Waals surface area contributed by atoms with Gasteiger partial charge in [0.05, 0.1) is 12.6 Å². The maximum Gasteiger partial charge on any atom is 0.408 e. The fourth-order valence-corrected chi connectivity index (χ4v) is 5.76. The third-order valence-electron chi connectivity index (χ3n) is 8.26. The zero-order valence-electron chi connectivity index (χ0n) is 36.7. The zero-order chi connectivity index (χ0) is 45.4. The molecule has 1 aromatic carbocycles. The molecule has 0 spiro atoms. The molecule has 3 aliphatic heterocycles. The number of allylic oxidation sites excluding steroid dienone is 1. The second-order valence-electron chi connectivity index (χ2n) is 14.9. The van der Waals surface area contributed by atoms with E-state index in [-0.39, 0.29) is 50.8 Å². The van der Waals surface area contributed by atoms with Crippen molar-refractivity contribution in [1.29, 1.82) is 0 Å². The van der Waals surface area contributed by atoms with Crippen molar-refractivity contribution in [2.75, 3.05) is 40.8 Å². The van der Waals surface area contributed by atoms with E-state index in [2.05, 4.69) is 44.5 Å². The third kappa shape index (κ3) is 23.5. The minimum atomic E-state index is -0.988. The highest BCUT2D eigenvalue weighted by atomic mass is 32.2. The van der Waals surface area contributed by atoms with E-state index in [9.17, 15) is 38.0 Å². The molecule has 5 rings (SSSR count). The summed E-state index contributed by atoms with van der Waals surface area (Å²) in [5, 5.41) is 7.85. The molecule has 0 bridgehead atoms. The first-order valence-corrected chi connectivity index (χ1v) is 20.4. The Morgan fingerprint density at radius 3 is 2.26 bits per heavy atom.